The topological polar surface area (TPSA) is 123 Å². The number of rotatable bonds is 11. The van der Waals surface area contributed by atoms with E-state index in [4.69, 9.17) is 14.2 Å². The Kier molecular flexibility index (Phi) is 11.0. The highest BCUT2D eigenvalue weighted by Gasteiger charge is 2.29. The number of ether oxygens (including phenoxy) is 3. The maximum absolute atomic E-state index is 13.1. The molecule has 0 aromatic rings. The molecular formula is C24H34N2O8. The molecule has 1 N–H and O–H groups in total. The van der Waals surface area contributed by atoms with E-state index in [1.807, 2.05) is 13.0 Å². The lowest BCUT2D eigenvalue weighted by Crippen LogP contribution is -2.39. The summed E-state index contributed by atoms with van der Waals surface area (Å²) in [4.78, 5) is 50.9. The highest BCUT2D eigenvalue weighted by atomic mass is 16.6. The molecule has 1 heterocycles. The van der Waals surface area contributed by atoms with E-state index in [0.717, 1.165) is 18.9 Å². The Balaban J connectivity index is 2.14. The third-order valence-electron chi connectivity index (χ3n) is 5.61. The van der Waals surface area contributed by atoms with Gasteiger partial charge in [0.2, 0.25) is 12.5 Å². The Hall–Kier alpha value is -2.98. The summed E-state index contributed by atoms with van der Waals surface area (Å²) in [6.45, 7) is 6.98. The van der Waals surface area contributed by atoms with Gasteiger partial charge >= 0.3 is 11.9 Å². The number of carboxylic acids is 1. The summed E-state index contributed by atoms with van der Waals surface area (Å²) in [5.74, 6) is -2.15. The zero-order valence-corrected chi connectivity index (χ0v) is 20.0. The molecule has 10 nitrogen and oxygen atoms in total. The van der Waals surface area contributed by atoms with Gasteiger partial charge in [-0.05, 0) is 37.8 Å². The van der Waals surface area contributed by atoms with Crippen LogP contribution in [0.4, 0.5) is 0 Å². The van der Waals surface area contributed by atoms with Gasteiger partial charge in [0.15, 0.2) is 0 Å². The molecule has 2 aliphatic rings. The number of aliphatic carboxylic acids is 1. The quantitative estimate of drug-likeness (QED) is 0.351. The van der Waals surface area contributed by atoms with Gasteiger partial charge in [-0.15, -0.1) is 0 Å². The van der Waals surface area contributed by atoms with Crippen molar-refractivity contribution in [1.29, 1.82) is 0 Å². The average molecular weight is 479 g/mol. The Morgan fingerprint density at radius 3 is 2.71 bits per heavy atom. The van der Waals surface area contributed by atoms with Crippen LogP contribution < -0.4 is 0 Å². The second-order valence-corrected chi connectivity index (χ2v) is 8.05. The van der Waals surface area contributed by atoms with Gasteiger partial charge in [0, 0.05) is 44.4 Å². The van der Waals surface area contributed by atoms with Gasteiger partial charge in [-0.2, -0.15) is 0 Å². The smallest absolute Gasteiger partial charge is 0.347 e. The van der Waals surface area contributed by atoms with E-state index in [0.29, 0.717) is 56.8 Å². The van der Waals surface area contributed by atoms with Crippen LogP contribution in [0, 0.1) is 0 Å². The second kappa shape index (κ2) is 13.7. The summed E-state index contributed by atoms with van der Waals surface area (Å²) in [7, 11) is 0. The first-order chi connectivity index (χ1) is 16.3. The van der Waals surface area contributed by atoms with Crippen LogP contribution in [0.1, 0.15) is 40.0 Å². The molecule has 0 spiro atoms. The van der Waals surface area contributed by atoms with Crippen molar-refractivity contribution in [1.82, 2.24) is 9.80 Å². The molecule has 1 aliphatic heterocycles. The van der Waals surface area contributed by atoms with Crippen LogP contribution in [0.2, 0.25) is 0 Å². The van der Waals surface area contributed by atoms with Crippen molar-refractivity contribution in [3.8, 4) is 0 Å². The number of amides is 2. The van der Waals surface area contributed by atoms with Gasteiger partial charge in [0.25, 0.3) is 5.91 Å². The van der Waals surface area contributed by atoms with Crippen molar-refractivity contribution in [2.24, 2.45) is 0 Å². The highest BCUT2D eigenvalue weighted by molar-refractivity contribution is 5.97. The van der Waals surface area contributed by atoms with E-state index in [1.54, 1.807) is 17.1 Å². The third kappa shape index (κ3) is 7.81. The molecule has 2 rings (SSSR count). The Labute approximate surface area is 199 Å². The van der Waals surface area contributed by atoms with E-state index in [9.17, 15) is 24.3 Å². The minimum absolute atomic E-state index is 0.0134. The summed E-state index contributed by atoms with van der Waals surface area (Å²) in [6.07, 6.45) is 5.79. The first-order valence-electron chi connectivity index (χ1n) is 11.5. The Morgan fingerprint density at radius 1 is 1.29 bits per heavy atom. The zero-order chi connectivity index (χ0) is 25.1. The van der Waals surface area contributed by atoms with E-state index in [2.05, 4.69) is 0 Å². The fraction of sp³-hybridized carbons (Fsp3) is 0.583. The van der Waals surface area contributed by atoms with E-state index in [1.165, 1.54) is 11.8 Å². The van der Waals surface area contributed by atoms with Crippen molar-refractivity contribution >= 4 is 24.3 Å². The molecule has 34 heavy (non-hydrogen) atoms. The van der Waals surface area contributed by atoms with Gasteiger partial charge in [-0.25, -0.2) is 4.79 Å². The third-order valence-corrected chi connectivity index (χ3v) is 5.61. The summed E-state index contributed by atoms with van der Waals surface area (Å²) in [6, 6.07) is 0. The summed E-state index contributed by atoms with van der Waals surface area (Å²) >= 11 is 0. The first kappa shape index (κ1) is 27.3. The summed E-state index contributed by atoms with van der Waals surface area (Å²) < 4.78 is 15.8. The lowest BCUT2D eigenvalue weighted by molar-refractivity contribution is -0.172. The van der Waals surface area contributed by atoms with Gasteiger partial charge in [-0.1, -0.05) is 19.1 Å². The second-order valence-electron chi connectivity index (χ2n) is 8.05. The number of carboxylic acid groups (broad SMARTS) is 1. The monoisotopic (exact) mass is 478 g/mol. The molecule has 1 saturated heterocycles. The number of carbonyl (C=O) groups excluding carboxylic acids is 3. The predicted octanol–water partition coefficient (Wildman–Crippen LogP) is 1.67. The van der Waals surface area contributed by atoms with Crippen molar-refractivity contribution in [3.05, 3.63) is 35.1 Å². The SMILES string of the molecule is CCC1=C(N(C=O)CCO[C@@H](C)[C@@H](OC(C)=O)C(=O)O)C=C(C(=O)N2CCCOCC2)C=CC1. The number of allylic oxidation sites excluding steroid dienone is 3. The maximum atomic E-state index is 13.1. The molecular weight excluding hydrogens is 444 g/mol. The molecule has 0 radical (unpaired) electrons. The minimum atomic E-state index is -1.45. The molecule has 0 bridgehead atoms. The summed E-state index contributed by atoms with van der Waals surface area (Å²) in [5, 5.41) is 9.27. The molecule has 1 fully saturated rings. The molecule has 2 amide bonds. The molecule has 2 atom stereocenters. The lowest BCUT2D eigenvalue weighted by Gasteiger charge is -2.25. The summed E-state index contributed by atoms with van der Waals surface area (Å²) in [5.41, 5.74) is 2.10. The van der Waals surface area contributed by atoms with E-state index >= 15 is 0 Å². The van der Waals surface area contributed by atoms with Gasteiger partial charge in [0.05, 0.1) is 13.2 Å². The average Bonchev–Trinajstić information content (AvgIpc) is 3.20. The van der Waals surface area contributed by atoms with Gasteiger partial charge in [0.1, 0.15) is 6.10 Å². The fourth-order valence-corrected chi connectivity index (χ4v) is 3.79. The molecule has 1 aliphatic carbocycles. The molecule has 0 saturated carbocycles. The highest BCUT2D eigenvalue weighted by Crippen LogP contribution is 2.24. The Bertz CT molecular complexity index is 840. The van der Waals surface area contributed by atoms with E-state index < -0.39 is 24.1 Å². The molecule has 0 unspecified atom stereocenters. The largest absolute Gasteiger partial charge is 0.478 e. The molecule has 0 aromatic carbocycles. The van der Waals surface area contributed by atoms with Crippen molar-refractivity contribution in [2.75, 3.05) is 39.5 Å². The molecule has 188 valence electrons. The van der Waals surface area contributed by atoms with Gasteiger partial charge in [-0.3, -0.25) is 14.4 Å². The normalized spacial score (nSPS) is 18.3. The fourth-order valence-electron chi connectivity index (χ4n) is 3.79. The molecule has 0 aromatic heterocycles. The standard InChI is InChI=1S/C24H34N2O8/c1-4-19-7-5-8-20(23(29)25-9-6-12-32-13-10-25)15-21(19)26(16-27)11-14-33-17(2)22(24(30)31)34-18(3)28/h5,8,15-17,22H,4,6-7,9-14H2,1-3H3,(H,30,31)/t17-,22+/m0/s1. The number of nitrogens with zero attached hydrogens (tertiary/aromatic N) is 2. The van der Waals surface area contributed by atoms with Crippen LogP contribution in [0.25, 0.3) is 0 Å². The predicted molar refractivity (Wildman–Crippen MR) is 123 cm³/mol. The van der Waals surface area contributed by atoms with Crippen LogP contribution >= 0.6 is 0 Å². The number of esters is 1. The first-order valence-corrected chi connectivity index (χ1v) is 11.5. The van der Waals surface area contributed by atoms with Crippen molar-refractivity contribution in [2.45, 2.75) is 52.2 Å². The van der Waals surface area contributed by atoms with Crippen molar-refractivity contribution in [3.63, 3.8) is 0 Å². The molecule has 10 heteroatoms. The van der Waals surface area contributed by atoms with Crippen LogP contribution in [0.5, 0.6) is 0 Å². The zero-order valence-electron chi connectivity index (χ0n) is 20.0. The lowest BCUT2D eigenvalue weighted by atomic mass is 10.1. The van der Waals surface area contributed by atoms with E-state index in [-0.39, 0.29) is 19.1 Å². The number of carbonyl (C=O) groups is 4. The number of hydrogen-bond acceptors (Lipinski definition) is 7. The van der Waals surface area contributed by atoms with Crippen LogP contribution in [0.15, 0.2) is 35.1 Å². The maximum Gasteiger partial charge on any atom is 0.347 e. The number of hydrogen-bond donors (Lipinski definition) is 1. The van der Waals surface area contributed by atoms with Crippen LogP contribution in [-0.4, -0.2) is 90.8 Å². The van der Waals surface area contributed by atoms with Crippen molar-refractivity contribution < 1.29 is 38.5 Å². The Morgan fingerprint density at radius 2 is 2.06 bits per heavy atom. The van der Waals surface area contributed by atoms with Gasteiger partial charge < -0.3 is 29.1 Å². The minimum Gasteiger partial charge on any atom is -0.478 e. The van der Waals surface area contributed by atoms with Crippen LogP contribution in [-0.2, 0) is 33.4 Å². The van der Waals surface area contributed by atoms with Crippen LogP contribution in [0.3, 0.4) is 0 Å².